The minimum Gasteiger partial charge on any atom is -0.309 e. The number of rotatable bonds is 1. The summed E-state index contributed by atoms with van der Waals surface area (Å²) in [6.45, 7) is 10.6. The summed E-state index contributed by atoms with van der Waals surface area (Å²) < 4.78 is 0. The maximum atomic E-state index is 11.9. The summed E-state index contributed by atoms with van der Waals surface area (Å²) >= 11 is 0. The van der Waals surface area contributed by atoms with Crippen molar-refractivity contribution in [2.24, 2.45) is 11.8 Å². The second-order valence-electron chi connectivity index (χ2n) is 5.82. The first-order valence-electron chi connectivity index (χ1n) is 6.83. The van der Waals surface area contributed by atoms with Crippen LogP contribution >= 0.6 is 0 Å². The molecule has 1 aliphatic heterocycles. The quantitative estimate of drug-likeness (QED) is 0.736. The Labute approximate surface area is 110 Å². The van der Waals surface area contributed by atoms with Crippen LogP contribution in [0.25, 0.3) is 0 Å². The largest absolute Gasteiger partial charge is 0.309 e. The molecule has 0 bridgehead atoms. The number of fused-ring (bicyclic) bond motifs is 1. The van der Waals surface area contributed by atoms with Crippen molar-refractivity contribution >= 4 is 11.6 Å². The Kier molecular flexibility index (Phi) is 3.47. The molecule has 1 aromatic carbocycles. The van der Waals surface area contributed by atoms with E-state index in [1.54, 1.807) is 6.92 Å². The van der Waals surface area contributed by atoms with E-state index in [1.807, 2.05) is 11.0 Å². The molecule has 1 aliphatic rings. The van der Waals surface area contributed by atoms with E-state index in [-0.39, 0.29) is 11.9 Å². The zero-order valence-corrected chi connectivity index (χ0v) is 12.0. The van der Waals surface area contributed by atoms with Crippen molar-refractivity contribution in [2.45, 2.75) is 46.6 Å². The van der Waals surface area contributed by atoms with E-state index in [1.165, 1.54) is 5.56 Å². The summed E-state index contributed by atoms with van der Waals surface area (Å²) in [6.07, 6.45) is 0. The van der Waals surface area contributed by atoms with Crippen LogP contribution in [0.15, 0.2) is 24.3 Å². The standard InChI is InChI=1S/C16H23NO/c1-10(2)16-11(3)12(4)17(13(5)18)15-9-7-6-8-14(15)16/h6-12,16H,1-5H3/t11?,12?,16-/m1/s1. The summed E-state index contributed by atoms with van der Waals surface area (Å²) in [6, 6.07) is 8.63. The van der Waals surface area contributed by atoms with Gasteiger partial charge in [-0.15, -0.1) is 0 Å². The molecule has 1 heterocycles. The van der Waals surface area contributed by atoms with Gasteiger partial charge < -0.3 is 4.90 Å². The van der Waals surface area contributed by atoms with E-state index in [0.717, 1.165) is 5.69 Å². The molecule has 2 unspecified atom stereocenters. The van der Waals surface area contributed by atoms with Crippen molar-refractivity contribution in [1.82, 2.24) is 0 Å². The van der Waals surface area contributed by atoms with Crippen LogP contribution in [0.5, 0.6) is 0 Å². The van der Waals surface area contributed by atoms with Crippen LogP contribution in [-0.2, 0) is 4.79 Å². The molecule has 3 atom stereocenters. The fourth-order valence-electron chi connectivity index (χ4n) is 3.45. The van der Waals surface area contributed by atoms with Crippen molar-refractivity contribution in [2.75, 3.05) is 4.90 Å². The molecule has 0 saturated heterocycles. The molecule has 2 nitrogen and oxygen atoms in total. The molecule has 2 rings (SSSR count). The van der Waals surface area contributed by atoms with Gasteiger partial charge in [0.05, 0.1) is 0 Å². The zero-order chi connectivity index (χ0) is 13.4. The first-order chi connectivity index (χ1) is 8.45. The summed E-state index contributed by atoms with van der Waals surface area (Å²) in [7, 11) is 0. The Balaban J connectivity index is 2.58. The SMILES string of the molecule is CC(=O)N1c2ccccc2[C@H](C(C)C)C(C)C1C. The van der Waals surface area contributed by atoms with Crippen molar-refractivity contribution in [1.29, 1.82) is 0 Å². The number of hydrogen-bond donors (Lipinski definition) is 0. The normalized spacial score (nSPS) is 27.2. The number of amides is 1. The number of anilines is 1. The van der Waals surface area contributed by atoms with Gasteiger partial charge in [0.15, 0.2) is 0 Å². The summed E-state index contributed by atoms with van der Waals surface area (Å²) in [5, 5.41) is 0. The van der Waals surface area contributed by atoms with Crippen LogP contribution in [0.2, 0.25) is 0 Å². The Morgan fingerprint density at radius 2 is 1.83 bits per heavy atom. The van der Waals surface area contributed by atoms with Crippen molar-refractivity contribution < 1.29 is 4.79 Å². The third-order valence-electron chi connectivity index (χ3n) is 4.35. The molecule has 98 valence electrons. The lowest BCUT2D eigenvalue weighted by molar-refractivity contribution is -0.117. The van der Waals surface area contributed by atoms with E-state index in [2.05, 4.69) is 45.9 Å². The molecule has 1 aromatic rings. The van der Waals surface area contributed by atoms with E-state index >= 15 is 0 Å². The van der Waals surface area contributed by atoms with Crippen molar-refractivity contribution in [3.8, 4) is 0 Å². The van der Waals surface area contributed by atoms with Crippen LogP contribution in [-0.4, -0.2) is 11.9 Å². The number of para-hydroxylation sites is 1. The number of carbonyl (C=O) groups excluding carboxylic acids is 1. The average molecular weight is 245 g/mol. The van der Waals surface area contributed by atoms with E-state index < -0.39 is 0 Å². The number of nitrogens with zero attached hydrogens (tertiary/aromatic N) is 1. The monoisotopic (exact) mass is 245 g/mol. The van der Waals surface area contributed by atoms with Gasteiger partial charge in [-0.2, -0.15) is 0 Å². The van der Waals surface area contributed by atoms with E-state index in [9.17, 15) is 4.79 Å². The molecule has 0 spiro atoms. The molecule has 0 saturated carbocycles. The molecular formula is C16H23NO. The van der Waals surface area contributed by atoms with Crippen LogP contribution in [0.1, 0.15) is 46.1 Å². The average Bonchev–Trinajstić information content (AvgIpc) is 2.29. The molecule has 0 N–H and O–H groups in total. The topological polar surface area (TPSA) is 20.3 Å². The number of carbonyl (C=O) groups is 1. The van der Waals surface area contributed by atoms with Crippen molar-refractivity contribution in [3.05, 3.63) is 29.8 Å². The van der Waals surface area contributed by atoms with E-state index in [0.29, 0.717) is 17.8 Å². The Morgan fingerprint density at radius 3 is 2.39 bits per heavy atom. The maximum absolute atomic E-state index is 11.9. The van der Waals surface area contributed by atoms with Crippen molar-refractivity contribution in [3.63, 3.8) is 0 Å². The summed E-state index contributed by atoms with van der Waals surface area (Å²) in [5.74, 6) is 1.76. The summed E-state index contributed by atoms with van der Waals surface area (Å²) in [5.41, 5.74) is 2.43. The fraction of sp³-hybridized carbons (Fsp3) is 0.562. The predicted octanol–water partition coefficient (Wildman–Crippen LogP) is 3.82. The molecule has 0 radical (unpaired) electrons. The highest BCUT2D eigenvalue weighted by Gasteiger charge is 2.38. The first-order valence-corrected chi connectivity index (χ1v) is 6.83. The first kappa shape index (κ1) is 13.1. The van der Waals surface area contributed by atoms with Gasteiger partial charge in [-0.05, 0) is 36.3 Å². The molecule has 1 amide bonds. The van der Waals surface area contributed by atoms with Gasteiger partial charge in [0, 0.05) is 18.7 Å². The highest BCUT2D eigenvalue weighted by Crippen LogP contribution is 2.45. The predicted molar refractivity (Wildman–Crippen MR) is 75.8 cm³/mol. The highest BCUT2D eigenvalue weighted by molar-refractivity contribution is 5.93. The van der Waals surface area contributed by atoms with Crippen LogP contribution in [0.3, 0.4) is 0 Å². The Bertz CT molecular complexity index is 452. The van der Waals surface area contributed by atoms with Gasteiger partial charge in [-0.25, -0.2) is 0 Å². The van der Waals surface area contributed by atoms with Gasteiger partial charge in [0.2, 0.25) is 5.91 Å². The maximum Gasteiger partial charge on any atom is 0.224 e. The number of benzene rings is 1. The second-order valence-corrected chi connectivity index (χ2v) is 5.82. The molecule has 0 fully saturated rings. The van der Waals surface area contributed by atoms with Gasteiger partial charge >= 0.3 is 0 Å². The van der Waals surface area contributed by atoms with Gasteiger partial charge in [0.25, 0.3) is 0 Å². The number of hydrogen-bond acceptors (Lipinski definition) is 1. The highest BCUT2D eigenvalue weighted by atomic mass is 16.2. The molecule has 18 heavy (non-hydrogen) atoms. The van der Waals surface area contributed by atoms with Gasteiger partial charge in [-0.1, -0.05) is 39.0 Å². The van der Waals surface area contributed by atoms with Gasteiger partial charge in [-0.3, -0.25) is 4.79 Å². The van der Waals surface area contributed by atoms with E-state index in [4.69, 9.17) is 0 Å². The smallest absolute Gasteiger partial charge is 0.224 e. The van der Waals surface area contributed by atoms with Crippen LogP contribution in [0, 0.1) is 11.8 Å². The lowest BCUT2D eigenvalue weighted by Gasteiger charge is -2.45. The molecular weight excluding hydrogens is 222 g/mol. The van der Waals surface area contributed by atoms with Crippen LogP contribution in [0.4, 0.5) is 5.69 Å². The summed E-state index contributed by atoms with van der Waals surface area (Å²) in [4.78, 5) is 13.9. The molecule has 0 aliphatic carbocycles. The van der Waals surface area contributed by atoms with Gasteiger partial charge in [0.1, 0.15) is 0 Å². The lowest BCUT2D eigenvalue weighted by atomic mass is 9.72. The Hall–Kier alpha value is -1.31. The van der Waals surface area contributed by atoms with Crippen LogP contribution < -0.4 is 4.90 Å². The fourth-order valence-corrected chi connectivity index (χ4v) is 3.45. The molecule has 2 heteroatoms. The Morgan fingerprint density at radius 1 is 1.22 bits per heavy atom. The third kappa shape index (κ3) is 1.94. The zero-order valence-electron chi connectivity index (χ0n) is 12.0. The lowest BCUT2D eigenvalue weighted by Crippen LogP contribution is -2.47. The minimum atomic E-state index is 0.143. The molecule has 0 aromatic heterocycles. The second kappa shape index (κ2) is 4.75. The third-order valence-corrected chi connectivity index (χ3v) is 4.35. The minimum absolute atomic E-state index is 0.143.